The average molecular weight is 330 g/mol. The highest BCUT2D eigenvalue weighted by atomic mass is 16.5. The molecular weight excluding hydrogens is 304 g/mol. The van der Waals surface area contributed by atoms with Crippen molar-refractivity contribution < 1.29 is 4.52 Å². The molecule has 1 fully saturated rings. The molecule has 3 heterocycles. The zero-order valence-electron chi connectivity index (χ0n) is 14.9. The van der Waals surface area contributed by atoms with Crippen LogP contribution >= 0.6 is 0 Å². The van der Waals surface area contributed by atoms with Gasteiger partial charge in [0.25, 0.3) is 0 Å². The highest BCUT2D eigenvalue weighted by molar-refractivity contribution is 5.39. The lowest BCUT2D eigenvalue weighted by molar-refractivity contribution is 0.370. The molecule has 0 spiro atoms. The summed E-state index contributed by atoms with van der Waals surface area (Å²) < 4.78 is 5.34. The van der Waals surface area contributed by atoms with Crippen LogP contribution in [0.2, 0.25) is 0 Å². The van der Waals surface area contributed by atoms with E-state index in [1.54, 1.807) is 0 Å². The first kappa shape index (κ1) is 16.8. The van der Waals surface area contributed by atoms with Gasteiger partial charge in [-0.15, -0.1) is 0 Å². The fourth-order valence-electron chi connectivity index (χ4n) is 2.95. The van der Waals surface area contributed by atoms with Crippen molar-refractivity contribution in [1.82, 2.24) is 25.4 Å². The lowest BCUT2D eigenvalue weighted by Crippen LogP contribution is -2.27. The van der Waals surface area contributed by atoms with Crippen LogP contribution in [0.3, 0.4) is 0 Å². The topological polar surface area (TPSA) is 80.0 Å². The van der Waals surface area contributed by atoms with Crippen molar-refractivity contribution in [3.05, 3.63) is 29.3 Å². The van der Waals surface area contributed by atoms with Crippen LogP contribution in [-0.2, 0) is 6.54 Å². The van der Waals surface area contributed by atoms with E-state index in [0.717, 1.165) is 49.1 Å². The van der Waals surface area contributed by atoms with Gasteiger partial charge in [-0.25, -0.2) is 9.97 Å². The highest BCUT2D eigenvalue weighted by Gasteiger charge is 2.19. The molecule has 2 aromatic rings. The molecule has 0 radical (unpaired) electrons. The van der Waals surface area contributed by atoms with Crippen LogP contribution in [0.25, 0.3) is 0 Å². The van der Waals surface area contributed by atoms with Crippen LogP contribution in [0, 0.1) is 6.92 Å². The van der Waals surface area contributed by atoms with Crippen molar-refractivity contribution in [2.75, 3.05) is 25.0 Å². The predicted octanol–water partition coefficient (Wildman–Crippen LogP) is 2.39. The molecule has 0 bridgehead atoms. The SMILES string of the molecule is Cc1nc(C2CCNCC2)cc(N(C)Cc2nc(C(C)C)no2)n1. The second-order valence-corrected chi connectivity index (χ2v) is 6.78. The Balaban J connectivity index is 1.75. The van der Waals surface area contributed by atoms with E-state index in [-0.39, 0.29) is 5.92 Å². The number of hydrogen-bond donors (Lipinski definition) is 1. The Morgan fingerprint density at radius 2 is 2.00 bits per heavy atom. The highest BCUT2D eigenvalue weighted by Crippen LogP contribution is 2.26. The molecule has 0 unspecified atom stereocenters. The molecule has 130 valence electrons. The van der Waals surface area contributed by atoms with Crippen LogP contribution in [0.4, 0.5) is 5.82 Å². The minimum absolute atomic E-state index is 0.264. The number of rotatable bonds is 5. The number of piperidine rings is 1. The molecule has 1 aliphatic heterocycles. The van der Waals surface area contributed by atoms with Gasteiger partial charge >= 0.3 is 0 Å². The Morgan fingerprint density at radius 1 is 1.25 bits per heavy atom. The summed E-state index contributed by atoms with van der Waals surface area (Å²) in [6.45, 7) is 8.71. The van der Waals surface area contributed by atoms with Crippen molar-refractivity contribution in [1.29, 1.82) is 0 Å². The van der Waals surface area contributed by atoms with Gasteiger partial charge in [-0.3, -0.25) is 0 Å². The number of aromatic nitrogens is 4. The summed E-state index contributed by atoms with van der Waals surface area (Å²) in [4.78, 5) is 15.7. The van der Waals surface area contributed by atoms with Crippen LogP contribution in [-0.4, -0.2) is 40.2 Å². The largest absolute Gasteiger partial charge is 0.350 e. The first-order valence-electron chi connectivity index (χ1n) is 8.63. The fourth-order valence-corrected chi connectivity index (χ4v) is 2.95. The zero-order chi connectivity index (χ0) is 17.1. The summed E-state index contributed by atoms with van der Waals surface area (Å²) in [5, 5.41) is 7.42. The van der Waals surface area contributed by atoms with Gasteiger partial charge in [0.2, 0.25) is 5.89 Å². The normalized spacial score (nSPS) is 15.9. The molecule has 3 rings (SSSR count). The monoisotopic (exact) mass is 330 g/mol. The quantitative estimate of drug-likeness (QED) is 0.901. The molecule has 2 aromatic heterocycles. The van der Waals surface area contributed by atoms with Crippen molar-refractivity contribution in [2.45, 2.75) is 52.0 Å². The standard InChI is InChI=1S/C17H26N6O/c1-11(2)17-21-16(24-22-17)10-23(4)15-9-14(19-12(3)20-15)13-5-7-18-8-6-13/h9,11,13,18H,5-8,10H2,1-4H3. The first-order chi connectivity index (χ1) is 11.5. The molecule has 24 heavy (non-hydrogen) atoms. The number of anilines is 1. The van der Waals surface area contributed by atoms with Crippen molar-refractivity contribution in [3.63, 3.8) is 0 Å². The molecule has 0 saturated carbocycles. The number of nitrogens with zero attached hydrogens (tertiary/aromatic N) is 5. The summed E-state index contributed by atoms with van der Waals surface area (Å²) in [6.07, 6.45) is 2.25. The minimum Gasteiger partial charge on any atom is -0.350 e. The van der Waals surface area contributed by atoms with Gasteiger partial charge in [0.1, 0.15) is 11.6 Å². The summed E-state index contributed by atoms with van der Waals surface area (Å²) in [6, 6.07) is 2.10. The number of hydrogen-bond acceptors (Lipinski definition) is 7. The smallest absolute Gasteiger partial charge is 0.246 e. The van der Waals surface area contributed by atoms with Crippen molar-refractivity contribution in [3.8, 4) is 0 Å². The fraction of sp³-hybridized carbons (Fsp3) is 0.647. The maximum absolute atomic E-state index is 5.34. The van der Waals surface area contributed by atoms with E-state index in [9.17, 15) is 0 Å². The van der Waals surface area contributed by atoms with Gasteiger partial charge in [-0.2, -0.15) is 4.98 Å². The van der Waals surface area contributed by atoms with E-state index < -0.39 is 0 Å². The lowest BCUT2D eigenvalue weighted by atomic mass is 9.94. The van der Waals surface area contributed by atoms with Gasteiger partial charge in [-0.05, 0) is 32.9 Å². The third kappa shape index (κ3) is 3.90. The van der Waals surface area contributed by atoms with E-state index in [0.29, 0.717) is 18.4 Å². The summed E-state index contributed by atoms with van der Waals surface area (Å²) in [5.74, 6) is 3.84. The third-order valence-corrected chi connectivity index (χ3v) is 4.37. The molecule has 0 atom stereocenters. The molecule has 0 aromatic carbocycles. The Kier molecular flexibility index (Phi) is 5.08. The maximum Gasteiger partial charge on any atom is 0.246 e. The predicted molar refractivity (Wildman–Crippen MR) is 92.1 cm³/mol. The van der Waals surface area contributed by atoms with E-state index in [1.165, 1.54) is 0 Å². The van der Waals surface area contributed by atoms with Gasteiger partial charge in [0, 0.05) is 30.6 Å². The van der Waals surface area contributed by atoms with Crippen LogP contribution in [0.1, 0.15) is 61.8 Å². The van der Waals surface area contributed by atoms with E-state index >= 15 is 0 Å². The van der Waals surface area contributed by atoms with E-state index in [1.807, 2.05) is 18.9 Å². The molecule has 0 aliphatic carbocycles. The average Bonchev–Trinajstić information content (AvgIpc) is 3.04. The van der Waals surface area contributed by atoms with Gasteiger partial charge in [0.15, 0.2) is 5.82 Å². The summed E-state index contributed by atoms with van der Waals surface area (Å²) >= 11 is 0. The molecule has 7 heteroatoms. The summed E-state index contributed by atoms with van der Waals surface area (Å²) in [7, 11) is 1.99. The molecule has 1 aliphatic rings. The molecule has 1 saturated heterocycles. The Hall–Kier alpha value is -2.02. The maximum atomic E-state index is 5.34. The lowest BCUT2D eigenvalue weighted by Gasteiger charge is -2.24. The minimum atomic E-state index is 0.264. The second-order valence-electron chi connectivity index (χ2n) is 6.78. The molecule has 7 nitrogen and oxygen atoms in total. The van der Waals surface area contributed by atoms with Crippen LogP contribution < -0.4 is 10.2 Å². The van der Waals surface area contributed by atoms with Gasteiger partial charge in [0.05, 0.1) is 6.54 Å². The summed E-state index contributed by atoms with van der Waals surface area (Å²) in [5.41, 5.74) is 1.14. The molecule has 0 amide bonds. The Bertz CT molecular complexity index is 677. The molecule has 1 N–H and O–H groups in total. The number of nitrogens with one attached hydrogen (secondary N) is 1. The van der Waals surface area contributed by atoms with Crippen molar-refractivity contribution >= 4 is 5.82 Å². The second kappa shape index (κ2) is 7.25. The number of aryl methyl sites for hydroxylation is 1. The van der Waals surface area contributed by atoms with Crippen molar-refractivity contribution in [2.24, 2.45) is 0 Å². The van der Waals surface area contributed by atoms with E-state index in [2.05, 4.69) is 45.3 Å². The van der Waals surface area contributed by atoms with Crippen LogP contribution in [0.5, 0.6) is 0 Å². The molecular formula is C17H26N6O. The van der Waals surface area contributed by atoms with Crippen LogP contribution in [0.15, 0.2) is 10.6 Å². The Labute approximate surface area is 142 Å². The third-order valence-electron chi connectivity index (χ3n) is 4.37. The first-order valence-corrected chi connectivity index (χ1v) is 8.63. The van der Waals surface area contributed by atoms with E-state index in [4.69, 9.17) is 4.52 Å². The Morgan fingerprint density at radius 3 is 2.67 bits per heavy atom. The zero-order valence-corrected chi connectivity index (χ0v) is 14.9. The van der Waals surface area contributed by atoms with Gasteiger partial charge in [-0.1, -0.05) is 19.0 Å². The van der Waals surface area contributed by atoms with Gasteiger partial charge < -0.3 is 14.7 Å².